The van der Waals surface area contributed by atoms with Gasteiger partial charge in [0.15, 0.2) is 0 Å². The fourth-order valence-corrected chi connectivity index (χ4v) is 3.85. The van der Waals surface area contributed by atoms with Crippen molar-refractivity contribution in [1.82, 2.24) is 19.0 Å². The summed E-state index contributed by atoms with van der Waals surface area (Å²) in [4.78, 5) is 2.04. The number of rotatable bonds is 5. The predicted octanol–water partition coefficient (Wildman–Crippen LogP) is -0.411. The Morgan fingerprint density at radius 1 is 1.45 bits per heavy atom. The fourth-order valence-electron chi connectivity index (χ4n) is 2.42. The summed E-state index contributed by atoms with van der Waals surface area (Å²) < 4.78 is 28.0. The minimum absolute atomic E-state index is 0.129. The van der Waals surface area contributed by atoms with E-state index < -0.39 is 16.1 Å². The second-order valence-corrected chi connectivity index (χ2v) is 7.30. The van der Waals surface area contributed by atoms with E-state index in [1.54, 1.807) is 10.9 Å². The molecule has 0 radical (unpaired) electrons. The lowest BCUT2D eigenvalue weighted by molar-refractivity contribution is 0.113. The van der Waals surface area contributed by atoms with Gasteiger partial charge in [-0.2, -0.15) is 9.40 Å². The summed E-state index contributed by atoms with van der Waals surface area (Å²) in [6.07, 6.45) is 3.16. The van der Waals surface area contributed by atoms with Crippen LogP contribution in [0.3, 0.4) is 0 Å². The molecule has 2 rings (SSSR count). The van der Waals surface area contributed by atoms with Gasteiger partial charge in [-0.25, -0.2) is 8.42 Å². The standard InChI is InChI=1S/C12H22N4O3S/c1-4-5-15-7-10(6-13-15)20(18,19)16-8-11(14(2)3)12(17)9-16/h6-7,11-12,17H,4-5,8-9H2,1-3H3/t11-,12-/m0/s1. The summed E-state index contributed by atoms with van der Waals surface area (Å²) >= 11 is 0. The Morgan fingerprint density at radius 2 is 2.15 bits per heavy atom. The van der Waals surface area contributed by atoms with Crippen LogP contribution in [0.4, 0.5) is 0 Å². The van der Waals surface area contributed by atoms with E-state index in [0.29, 0.717) is 13.1 Å². The van der Waals surface area contributed by atoms with Gasteiger partial charge >= 0.3 is 0 Å². The van der Waals surface area contributed by atoms with E-state index in [-0.39, 0.29) is 17.5 Å². The van der Waals surface area contributed by atoms with Gasteiger partial charge in [-0.15, -0.1) is 0 Å². The second kappa shape index (κ2) is 5.80. The molecule has 0 spiro atoms. The van der Waals surface area contributed by atoms with Crippen LogP contribution < -0.4 is 0 Å². The number of aliphatic hydroxyl groups is 1. The smallest absolute Gasteiger partial charge is 0.246 e. The zero-order chi connectivity index (χ0) is 14.9. The summed E-state index contributed by atoms with van der Waals surface area (Å²) in [5.74, 6) is 0. The van der Waals surface area contributed by atoms with Gasteiger partial charge in [-0.05, 0) is 20.5 Å². The van der Waals surface area contributed by atoms with Gasteiger partial charge in [0.05, 0.1) is 18.3 Å². The Bertz CT molecular complexity index is 555. The first kappa shape index (κ1) is 15.4. The molecule has 114 valence electrons. The molecule has 0 unspecified atom stereocenters. The van der Waals surface area contributed by atoms with Crippen LogP contribution in [0.5, 0.6) is 0 Å². The van der Waals surface area contributed by atoms with Crippen molar-refractivity contribution in [3.05, 3.63) is 12.4 Å². The Morgan fingerprint density at radius 3 is 2.70 bits per heavy atom. The van der Waals surface area contributed by atoms with E-state index in [1.807, 2.05) is 25.9 Å². The van der Waals surface area contributed by atoms with E-state index in [4.69, 9.17) is 0 Å². The maximum atomic E-state index is 12.5. The highest BCUT2D eigenvalue weighted by Gasteiger charge is 2.39. The van der Waals surface area contributed by atoms with Crippen molar-refractivity contribution < 1.29 is 13.5 Å². The zero-order valence-corrected chi connectivity index (χ0v) is 12.9. The van der Waals surface area contributed by atoms with Crippen molar-refractivity contribution in [2.24, 2.45) is 0 Å². The molecule has 2 heterocycles. The molecule has 1 aliphatic heterocycles. The monoisotopic (exact) mass is 302 g/mol. The highest BCUT2D eigenvalue weighted by atomic mass is 32.2. The number of hydrogen-bond donors (Lipinski definition) is 1. The van der Waals surface area contributed by atoms with Gasteiger partial charge < -0.3 is 10.0 Å². The van der Waals surface area contributed by atoms with Crippen LogP contribution in [0.1, 0.15) is 13.3 Å². The molecule has 0 aromatic carbocycles. The topological polar surface area (TPSA) is 78.7 Å². The second-order valence-electron chi connectivity index (χ2n) is 5.36. The van der Waals surface area contributed by atoms with E-state index in [2.05, 4.69) is 5.10 Å². The summed E-state index contributed by atoms with van der Waals surface area (Å²) in [6.45, 7) is 3.13. The van der Waals surface area contributed by atoms with Crippen molar-refractivity contribution in [2.75, 3.05) is 27.2 Å². The number of β-amino-alcohol motifs (C(OH)–C–C–N with tert-alkyl or cyclic N) is 1. The fraction of sp³-hybridized carbons (Fsp3) is 0.750. The highest BCUT2D eigenvalue weighted by molar-refractivity contribution is 7.89. The molecule has 1 aromatic rings. The first-order valence-electron chi connectivity index (χ1n) is 6.73. The third kappa shape index (κ3) is 2.88. The molecule has 1 N–H and O–H groups in total. The van der Waals surface area contributed by atoms with Crippen LogP contribution >= 0.6 is 0 Å². The van der Waals surface area contributed by atoms with E-state index in [9.17, 15) is 13.5 Å². The SMILES string of the molecule is CCCn1cc(S(=O)(=O)N2C[C@H](O)[C@@H](N(C)C)C2)cn1. The largest absolute Gasteiger partial charge is 0.390 e. The third-order valence-corrected chi connectivity index (χ3v) is 5.37. The lowest BCUT2D eigenvalue weighted by Gasteiger charge is -2.21. The van der Waals surface area contributed by atoms with E-state index >= 15 is 0 Å². The molecule has 8 heteroatoms. The molecule has 1 fully saturated rings. The molecule has 1 aliphatic rings. The van der Waals surface area contributed by atoms with Crippen LogP contribution in [0.25, 0.3) is 0 Å². The average molecular weight is 302 g/mol. The average Bonchev–Trinajstić information content (AvgIpc) is 2.96. The van der Waals surface area contributed by atoms with Gasteiger partial charge in [-0.3, -0.25) is 4.68 Å². The lowest BCUT2D eigenvalue weighted by atomic mass is 10.2. The van der Waals surface area contributed by atoms with Crippen molar-refractivity contribution in [3.63, 3.8) is 0 Å². The van der Waals surface area contributed by atoms with Gasteiger partial charge in [0, 0.05) is 25.8 Å². The third-order valence-electron chi connectivity index (χ3n) is 3.59. The van der Waals surface area contributed by atoms with Gasteiger partial charge in [0.25, 0.3) is 0 Å². The van der Waals surface area contributed by atoms with Crippen LogP contribution in [0.2, 0.25) is 0 Å². The predicted molar refractivity (Wildman–Crippen MR) is 74.8 cm³/mol. The number of sulfonamides is 1. The minimum atomic E-state index is -3.57. The number of aliphatic hydroxyl groups excluding tert-OH is 1. The van der Waals surface area contributed by atoms with Gasteiger partial charge in [-0.1, -0.05) is 6.92 Å². The first-order valence-corrected chi connectivity index (χ1v) is 8.17. The minimum Gasteiger partial charge on any atom is -0.390 e. The van der Waals surface area contributed by atoms with E-state index in [1.165, 1.54) is 10.5 Å². The molecular weight excluding hydrogens is 280 g/mol. The molecule has 20 heavy (non-hydrogen) atoms. The highest BCUT2D eigenvalue weighted by Crippen LogP contribution is 2.22. The molecule has 0 bridgehead atoms. The Hall–Kier alpha value is -0.960. The van der Waals surface area contributed by atoms with Crippen molar-refractivity contribution >= 4 is 10.0 Å². The van der Waals surface area contributed by atoms with Crippen LogP contribution in [-0.4, -0.2) is 71.8 Å². The van der Waals surface area contributed by atoms with Crippen molar-refractivity contribution in [3.8, 4) is 0 Å². The van der Waals surface area contributed by atoms with E-state index in [0.717, 1.165) is 6.42 Å². The van der Waals surface area contributed by atoms with Crippen LogP contribution in [0, 0.1) is 0 Å². The van der Waals surface area contributed by atoms with Gasteiger partial charge in [0.1, 0.15) is 4.90 Å². The number of likely N-dealkylation sites (N-methyl/N-ethyl adjacent to an activating group) is 1. The van der Waals surface area contributed by atoms with Crippen LogP contribution in [0.15, 0.2) is 17.3 Å². The zero-order valence-electron chi connectivity index (χ0n) is 12.1. The molecule has 7 nitrogen and oxygen atoms in total. The van der Waals surface area contributed by atoms with Crippen LogP contribution in [-0.2, 0) is 16.6 Å². The van der Waals surface area contributed by atoms with Crippen molar-refractivity contribution in [1.29, 1.82) is 0 Å². The molecule has 0 saturated carbocycles. The summed E-state index contributed by atoms with van der Waals surface area (Å²) in [6, 6.07) is -0.171. The quantitative estimate of drug-likeness (QED) is 0.800. The van der Waals surface area contributed by atoms with Crippen molar-refractivity contribution in [2.45, 2.75) is 36.9 Å². The summed E-state index contributed by atoms with van der Waals surface area (Å²) in [7, 11) is 0.101. The maximum Gasteiger partial charge on any atom is 0.246 e. The van der Waals surface area contributed by atoms with Gasteiger partial charge in [0.2, 0.25) is 10.0 Å². The maximum absolute atomic E-state index is 12.5. The molecule has 1 saturated heterocycles. The summed E-state index contributed by atoms with van der Waals surface area (Å²) in [5.41, 5.74) is 0. The Kier molecular flexibility index (Phi) is 4.48. The first-order chi connectivity index (χ1) is 9.36. The normalized spacial score (nSPS) is 24.6. The lowest BCUT2D eigenvalue weighted by Crippen LogP contribution is -2.38. The number of aryl methyl sites for hydroxylation is 1. The number of hydrogen-bond acceptors (Lipinski definition) is 5. The number of aromatic nitrogens is 2. The molecular formula is C12H22N4O3S. The Balaban J connectivity index is 2.18. The Labute approximate surface area is 119 Å². The molecule has 0 aliphatic carbocycles. The molecule has 2 atom stereocenters. The molecule has 1 aromatic heterocycles. The molecule has 0 amide bonds. The summed E-state index contributed by atoms with van der Waals surface area (Å²) in [5, 5.41) is 14.0. The number of nitrogens with zero attached hydrogens (tertiary/aromatic N) is 4.